The number of halogens is 1. The molecule has 0 aromatic heterocycles. The molecule has 0 unspecified atom stereocenters. The second-order valence-corrected chi connectivity index (χ2v) is 6.56. The maximum Gasteiger partial charge on any atom is 0.270 e. The van der Waals surface area contributed by atoms with E-state index in [1.54, 1.807) is 6.07 Å². The molecule has 0 saturated heterocycles. The Morgan fingerprint density at radius 2 is 1.86 bits per heavy atom. The molecule has 0 bridgehead atoms. The van der Waals surface area contributed by atoms with Gasteiger partial charge in [0.05, 0.1) is 21.2 Å². The Hall–Kier alpha value is -3.38. The summed E-state index contributed by atoms with van der Waals surface area (Å²) in [7, 11) is 0. The fourth-order valence-corrected chi connectivity index (χ4v) is 2.78. The number of nitrogens with one attached hydrogen (secondary N) is 1. The molecule has 0 aliphatic rings. The standard InChI is InChI=1S/C21H17ClN2O4/c1-14-7-10-19(20(11-14)28-13-15-5-3-2-4-6-15)23-21(25)17-12-16(24(26)27)8-9-18(17)22/h2-12H,13H2,1H3,(H,23,25). The Kier molecular flexibility index (Phi) is 5.91. The Morgan fingerprint density at radius 3 is 2.57 bits per heavy atom. The van der Waals surface area contributed by atoms with Gasteiger partial charge in [-0.1, -0.05) is 48.0 Å². The minimum atomic E-state index is -0.576. The Balaban J connectivity index is 1.83. The number of anilines is 1. The first-order valence-corrected chi connectivity index (χ1v) is 8.84. The number of nitrogens with zero attached hydrogens (tertiary/aromatic N) is 1. The molecule has 0 atom stereocenters. The highest BCUT2D eigenvalue weighted by atomic mass is 35.5. The van der Waals surface area contributed by atoms with E-state index < -0.39 is 10.8 Å². The van der Waals surface area contributed by atoms with Crippen molar-refractivity contribution in [2.24, 2.45) is 0 Å². The van der Waals surface area contributed by atoms with Crippen LogP contribution in [-0.2, 0) is 6.61 Å². The Bertz CT molecular complexity index is 1020. The maximum atomic E-state index is 12.6. The van der Waals surface area contributed by atoms with E-state index in [1.165, 1.54) is 12.1 Å². The molecule has 0 fully saturated rings. The normalized spacial score (nSPS) is 10.4. The summed E-state index contributed by atoms with van der Waals surface area (Å²) in [6, 6.07) is 18.7. The molecule has 0 aliphatic heterocycles. The van der Waals surface area contributed by atoms with Crippen molar-refractivity contribution in [3.05, 3.63) is 98.6 Å². The largest absolute Gasteiger partial charge is 0.487 e. The number of hydrogen-bond donors (Lipinski definition) is 1. The van der Waals surface area contributed by atoms with Crippen LogP contribution >= 0.6 is 11.6 Å². The third kappa shape index (κ3) is 4.66. The highest BCUT2D eigenvalue weighted by Gasteiger charge is 2.17. The van der Waals surface area contributed by atoms with Crippen molar-refractivity contribution in [3.8, 4) is 5.75 Å². The van der Waals surface area contributed by atoms with Crippen LogP contribution in [0.2, 0.25) is 5.02 Å². The molecule has 0 heterocycles. The molecule has 3 aromatic rings. The topological polar surface area (TPSA) is 81.5 Å². The van der Waals surface area contributed by atoms with Gasteiger partial charge in [-0.3, -0.25) is 14.9 Å². The highest BCUT2D eigenvalue weighted by Crippen LogP contribution is 2.29. The number of carbonyl (C=O) groups excluding carboxylic acids is 1. The van der Waals surface area contributed by atoms with E-state index in [1.807, 2.05) is 49.4 Å². The zero-order valence-corrected chi connectivity index (χ0v) is 15.8. The van der Waals surface area contributed by atoms with Crippen molar-refractivity contribution in [2.75, 3.05) is 5.32 Å². The summed E-state index contributed by atoms with van der Waals surface area (Å²) in [4.78, 5) is 23.0. The third-order valence-corrected chi connectivity index (χ3v) is 4.36. The van der Waals surface area contributed by atoms with Crippen molar-refractivity contribution in [3.63, 3.8) is 0 Å². The number of nitro groups is 1. The minimum Gasteiger partial charge on any atom is -0.487 e. The monoisotopic (exact) mass is 396 g/mol. The molecular formula is C21H17ClN2O4. The van der Waals surface area contributed by atoms with Crippen LogP contribution in [0.25, 0.3) is 0 Å². The van der Waals surface area contributed by atoms with Gasteiger partial charge >= 0.3 is 0 Å². The lowest BCUT2D eigenvalue weighted by atomic mass is 10.1. The van der Waals surface area contributed by atoms with Gasteiger partial charge in [-0.15, -0.1) is 0 Å². The molecule has 0 radical (unpaired) electrons. The van der Waals surface area contributed by atoms with Crippen LogP contribution in [0, 0.1) is 17.0 Å². The quantitative estimate of drug-likeness (QED) is 0.447. The number of benzene rings is 3. The average Bonchev–Trinajstić information content (AvgIpc) is 2.69. The molecule has 1 amide bonds. The number of hydrogen-bond acceptors (Lipinski definition) is 4. The number of carbonyl (C=O) groups is 1. The third-order valence-electron chi connectivity index (χ3n) is 4.03. The van der Waals surface area contributed by atoms with Gasteiger partial charge in [-0.25, -0.2) is 0 Å². The number of aryl methyl sites for hydroxylation is 1. The first-order valence-electron chi connectivity index (χ1n) is 8.46. The zero-order valence-electron chi connectivity index (χ0n) is 15.0. The maximum absolute atomic E-state index is 12.6. The molecule has 0 aliphatic carbocycles. The number of nitro benzene ring substituents is 1. The van der Waals surface area contributed by atoms with Gasteiger partial charge in [0.25, 0.3) is 11.6 Å². The predicted molar refractivity (Wildman–Crippen MR) is 108 cm³/mol. The molecule has 0 spiro atoms. The zero-order chi connectivity index (χ0) is 20.1. The average molecular weight is 397 g/mol. The lowest BCUT2D eigenvalue weighted by Gasteiger charge is -2.14. The van der Waals surface area contributed by atoms with Gasteiger partial charge in [0, 0.05) is 12.1 Å². The minimum absolute atomic E-state index is 0.0189. The highest BCUT2D eigenvalue weighted by molar-refractivity contribution is 6.34. The molecule has 28 heavy (non-hydrogen) atoms. The molecule has 3 rings (SSSR count). The molecular weight excluding hydrogens is 380 g/mol. The summed E-state index contributed by atoms with van der Waals surface area (Å²) < 4.78 is 5.88. The molecule has 3 aromatic carbocycles. The first-order chi connectivity index (χ1) is 13.4. The predicted octanol–water partition coefficient (Wildman–Crippen LogP) is 5.39. The van der Waals surface area contributed by atoms with Gasteiger partial charge in [-0.2, -0.15) is 0 Å². The van der Waals surface area contributed by atoms with E-state index in [2.05, 4.69) is 5.32 Å². The Labute approximate surface area is 166 Å². The summed E-state index contributed by atoms with van der Waals surface area (Å²) in [5.74, 6) is -0.0547. The summed E-state index contributed by atoms with van der Waals surface area (Å²) in [5, 5.41) is 13.8. The van der Waals surface area contributed by atoms with Gasteiger partial charge in [0.15, 0.2) is 0 Å². The summed E-state index contributed by atoms with van der Waals surface area (Å²) in [5.41, 5.74) is 2.22. The van der Waals surface area contributed by atoms with E-state index in [9.17, 15) is 14.9 Å². The van der Waals surface area contributed by atoms with Crippen LogP contribution in [0.15, 0.2) is 66.7 Å². The van der Waals surface area contributed by atoms with Gasteiger partial charge < -0.3 is 10.1 Å². The number of ether oxygens (including phenoxy) is 1. The van der Waals surface area contributed by atoms with Crippen LogP contribution in [0.3, 0.4) is 0 Å². The van der Waals surface area contributed by atoms with Crippen LogP contribution < -0.4 is 10.1 Å². The second-order valence-electron chi connectivity index (χ2n) is 6.15. The lowest BCUT2D eigenvalue weighted by Crippen LogP contribution is -2.14. The first kappa shape index (κ1) is 19.4. The Morgan fingerprint density at radius 1 is 1.11 bits per heavy atom. The molecule has 142 valence electrons. The van der Waals surface area contributed by atoms with E-state index in [0.29, 0.717) is 18.0 Å². The summed E-state index contributed by atoms with van der Waals surface area (Å²) in [6.07, 6.45) is 0. The SMILES string of the molecule is Cc1ccc(NC(=O)c2cc([N+](=O)[O-])ccc2Cl)c(OCc2ccccc2)c1. The summed E-state index contributed by atoms with van der Waals surface area (Å²) in [6.45, 7) is 2.25. The molecule has 6 nitrogen and oxygen atoms in total. The fourth-order valence-electron chi connectivity index (χ4n) is 2.58. The van der Waals surface area contributed by atoms with Gasteiger partial charge in [0.2, 0.25) is 0 Å². The summed E-state index contributed by atoms with van der Waals surface area (Å²) >= 11 is 6.05. The van der Waals surface area contributed by atoms with E-state index in [4.69, 9.17) is 16.3 Å². The van der Waals surface area contributed by atoms with E-state index in [-0.39, 0.29) is 16.3 Å². The lowest BCUT2D eigenvalue weighted by molar-refractivity contribution is -0.384. The molecule has 1 N–H and O–H groups in total. The van der Waals surface area contributed by atoms with Gasteiger partial charge in [-0.05, 0) is 36.2 Å². The van der Waals surface area contributed by atoms with E-state index in [0.717, 1.165) is 17.2 Å². The smallest absolute Gasteiger partial charge is 0.270 e. The number of non-ortho nitro benzene ring substituents is 1. The van der Waals surface area contributed by atoms with Crippen molar-refractivity contribution in [2.45, 2.75) is 13.5 Å². The number of rotatable bonds is 6. The number of amides is 1. The van der Waals surface area contributed by atoms with Crippen LogP contribution in [-0.4, -0.2) is 10.8 Å². The van der Waals surface area contributed by atoms with Crippen LogP contribution in [0.4, 0.5) is 11.4 Å². The van der Waals surface area contributed by atoms with Crippen molar-refractivity contribution < 1.29 is 14.5 Å². The van der Waals surface area contributed by atoms with Crippen LogP contribution in [0.1, 0.15) is 21.5 Å². The van der Waals surface area contributed by atoms with Gasteiger partial charge in [0.1, 0.15) is 12.4 Å². The van der Waals surface area contributed by atoms with Crippen molar-refractivity contribution >= 4 is 28.9 Å². The fraction of sp³-hybridized carbons (Fsp3) is 0.0952. The van der Waals surface area contributed by atoms with E-state index >= 15 is 0 Å². The molecule has 7 heteroatoms. The van der Waals surface area contributed by atoms with Crippen molar-refractivity contribution in [1.29, 1.82) is 0 Å². The van der Waals surface area contributed by atoms with Crippen LogP contribution in [0.5, 0.6) is 5.75 Å². The van der Waals surface area contributed by atoms with Crippen molar-refractivity contribution in [1.82, 2.24) is 0 Å². The second kappa shape index (κ2) is 8.54. The molecule has 0 saturated carbocycles.